The van der Waals surface area contributed by atoms with Gasteiger partial charge in [-0.05, 0) is 45.4 Å². The zero-order valence-electron chi connectivity index (χ0n) is 25.5. The van der Waals surface area contributed by atoms with Crippen LogP contribution < -0.4 is 5.32 Å². The first kappa shape index (κ1) is 30.1. The van der Waals surface area contributed by atoms with Gasteiger partial charge in [-0.1, -0.05) is 30.3 Å². The molecule has 5 rings (SSSR count). The highest BCUT2D eigenvalue weighted by Gasteiger charge is 2.37. The molecule has 0 bridgehead atoms. The fourth-order valence-corrected chi connectivity index (χ4v) is 4.64. The van der Waals surface area contributed by atoms with Crippen molar-refractivity contribution in [3.63, 3.8) is 0 Å². The Balaban J connectivity index is 1.50. The van der Waals surface area contributed by atoms with Crippen LogP contribution in [0.1, 0.15) is 49.5 Å². The second kappa shape index (κ2) is 12.1. The summed E-state index contributed by atoms with van der Waals surface area (Å²) < 4.78 is 19.0. The summed E-state index contributed by atoms with van der Waals surface area (Å²) >= 11 is 0. The van der Waals surface area contributed by atoms with Crippen LogP contribution in [0.4, 0.5) is 4.79 Å². The van der Waals surface area contributed by atoms with Gasteiger partial charge < -0.3 is 23.8 Å². The van der Waals surface area contributed by atoms with E-state index in [1.165, 1.54) is 12.5 Å². The summed E-state index contributed by atoms with van der Waals surface area (Å²) in [7, 11) is 3.58. The number of ether oxygens (including phenoxy) is 1. The molecule has 4 heterocycles. The highest BCUT2D eigenvalue weighted by molar-refractivity contribution is 5.96. The number of nitrogens with zero attached hydrogens (tertiary/aromatic N) is 6. The number of benzene rings is 1. The molecule has 0 saturated heterocycles. The highest BCUT2D eigenvalue weighted by Crippen LogP contribution is 2.30. The van der Waals surface area contributed by atoms with Crippen molar-refractivity contribution in [2.24, 2.45) is 0 Å². The number of likely N-dealkylation sites (N-methyl/N-ethyl adjacent to an activating group) is 1. The molecule has 1 aromatic carbocycles. The Morgan fingerprint density at radius 1 is 1.07 bits per heavy atom. The van der Waals surface area contributed by atoms with Gasteiger partial charge in [0.25, 0.3) is 11.8 Å². The molecule has 44 heavy (non-hydrogen) atoms. The molecule has 1 aliphatic rings. The second-order valence-electron chi connectivity index (χ2n) is 11.7. The van der Waals surface area contributed by atoms with E-state index in [1.807, 2.05) is 49.7 Å². The van der Waals surface area contributed by atoms with E-state index in [2.05, 4.69) is 31.4 Å². The van der Waals surface area contributed by atoms with E-state index in [-0.39, 0.29) is 29.3 Å². The number of aromatic nitrogens is 4. The Hall–Kier alpha value is -5.35. The van der Waals surface area contributed by atoms with Crippen LogP contribution in [0, 0.1) is 0 Å². The first-order chi connectivity index (χ1) is 20.9. The number of carbonyl (C=O) groups excluding carboxylic acids is 2. The van der Waals surface area contributed by atoms with Crippen molar-refractivity contribution in [2.75, 3.05) is 20.6 Å². The molecule has 12 heteroatoms. The fraction of sp³-hybridized carbons (Fsp3) is 0.312. The molecular formula is C32H34N7O5+. The van der Waals surface area contributed by atoms with Crippen LogP contribution in [0.2, 0.25) is 0 Å². The van der Waals surface area contributed by atoms with Gasteiger partial charge in [0, 0.05) is 24.6 Å². The van der Waals surface area contributed by atoms with E-state index >= 15 is 0 Å². The molecule has 1 atom stereocenters. The number of hydrogen-bond donors (Lipinski definition) is 1. The molecule has 226 valence electrons. The highest BCUT2D eigenvalue weighted by atomic mass is 16.6. The second-order valence-corrected chi connectivity index (χ2v) is 11.7. The Kier molecular flexibility index (Phi) is 8.28. The number of nitrogens with one attached hydrogen (secondary N) is 1. The number of oxazole rings is 1. The van der Waals surface area contributed by atoms with Crippen LogP contribution in [-0.2, 0) is 16.7 Å². The first-order valence-corrected chi connectivity index (χ1v) is 14.0. The van der Waals surface area contributed by atoms with E-state index in [0.717, 1.165) is 11.1 Å². The number of alkyl carbamates (subject to hydrolysis) is 1. The fourth-order valence-electron chi connectivity index (χ4n) is 4.64. The number of hydrogen-bond acceptors (Lipinski definition) is 9. The van der Waals surface area contributed by atoms with Crippen molar-refractivity contribution in [1.82, 2.24) is 30.4 Å². The van der Waals surface area contributed by atoms with Crippen LogP contribution in [0.25, 0.3) is 23.2 Å². The zero-order valence-corrected chi connectivity index (χ0v) is 25.5. The van der Waals surface area contributed by atoms with Gasteiger partial charge in [-0.15, -0.1) is 10.2 Å². The minimum Gasteiger partial charge on any atom is -0.444 e. The average molecular weight is 597 g/mol. The Labute approximate surface area is 254 Å². The molecule has 1 unspecified atom stereocenters. The van der Waals surface area contributed by atoms with Crippen molar-refractivity contribution in [1.29, 1.82) is 0 Å². The minimum absolute atomic E-state index is 0.0491. The summed E-state index contributed by atoms with van der Waals surface area (Å²) in [6, 6.07) is 12.8. The van der Waals surface area contributed by atoms with Crippen molar-refractivity contribution in [2.45, 2.75) is 45.3 Å². The van der Waals surface area contributed by atoms with Gasteiger partial charge in [-0.2, -0.15) is 4.58 Å². The van der Waals surface area contributed by atoms with Crippen LogP contribution >= 0.6 is 0 Å². The molecule has 0 spiro atoms. The third kappa shape index (κ3) is 7.16. The number of rotatable bonds is 9. The summed E-state index contributed by atoms with van der Waals surface area (Å²) in [6.07, 6.45) is 6.35. The molecule has 12 nitrogen and oxygen atoms in total. The number of amides is 2. The smallest absolute Gasteiger partial charge is 0.408 e. The minimum atomic E-state index is -1.14. The van der Waals surface area contributed by atoms with Crippen molar-refractivity contribution in [3.8, 4) is 23.2 Å². The van der Waals surface area contributed by atoms with Crippen LogP contribution in [0.5, 0.6) is 0 Å². The Bertz CT molecular complexity index is 1760. The van der Waals surface area contributed by atoms with Crippen LogP contribution in [0.15, 0.2) is 81.6 Å². The molecule has 3 aromatic heterocycles. The van der Waals surface area contributed by atoms with Gasteiger partial charge in [0.1, 0.15) is 35.8 Å². The monoisotopic (exact) mass is 596 g/mol. The largest absolute Gasteiger partial charge is 0.444 e. The van der Waals surface area contributed by atoms with Gasteiger partial charge in [0.05, 0.1) is 18.8 Å². The van der Waals surface area contributed by atoms with Crippen molar-refractivity contribution in [3.05, 3.63) is 89.8 Å². The van der Waals surface area contributed by atoms with E-state index in [1.54, 1.807) is 56.4 Å². The third-order valence-electron chi connectivity index (χ3n) is 6.60. The molecule has 0 saturated carbocycles. The molecule has 0 aliphatic carbocycles. The molecule has 2 amide bonds. The SMILES string of the molecule is CN(CC1=C[N+](C)=C=C1)C(=O)c1cc(-c2ncco2)nc(-c2nnc(C(C)(Cc3ccccc3)NC(=O)OC(C)(C)C)o2)c1. The van der Waals surface area contributed by atoms with Crippen molar-refractivity contribution >= 4 is 17.9 Å². The lowest BCUT2D eigenvalue weighted by Crippen LogP contribution is -2.47. The molecule has 4 aromatic rings. The van der Waals surface area contributed by atoms with Crippen LogP contribution in [0.3, 0.4) is 0 Å². The summed E-state index contributed by atoms with van der Waals surface area (Å²) in [5, 5.41) is 11.5. The van der Waals surface area contributed by atoms with Gasteiger partial charge in [-0.25, -0.2) is 14.8 Å². The summed E-state index contributed by atoms with van der Waals surface area (Å²) in [6.45, 7) is 7.51. The van der Waals surface area contributed by atoms with Crippen LogP contribution in [-0.4, -0.2) is 73.8 Å². The average Bonchev–Trinajstić information content (AvgIpc) is 3.74. The van der Waals surface area contributed by atoms with Gasteiger partial charge in [-0.3, -0.25) is 4.79 Å². The lowest BCUT2D eigenvalue weighted by Gasteiger charge is -2.29. The molecule has 1 N–H and O–H groups in total. The maximum Gasteiger partial charge on any atom is 0.408 e. The summed E-state index contributed by atoms with van der Waals surface area (Å²) in [4.78, 5) is 36.9. The van der Waals surface area contributed by atoms with E-state index in [0.29, 0.717) is 24.2 Å². The number of pyridine rings is 1. The topological polar surface area (TPSA) is 139 Å². The predicted octanol–water partition coefficient (Wildman–Crippen LogP) is 4.61. The normalized spacial score (nSPS) is 14.0. The van der Waals surface area contributed by atoms with Gasteiger partial charge in [0.15, 0.2) is 12.1 Å². The Morgan fingerprint density at radius 2 is 1.80 bits per heavy atom. The maximum absolute atomic E-state index is 13.6. The molecular weight excluding hydrogens is 562 g/mol. The predicted molar refractivity (Wildman–Crippen MR) is 161 cm³/mol. The third-order valence-corrected chi connectivity index (χ3v) is 6.60. The van der Waals surface area contributed by atoms with E-state index in [9.17, 15) is 9.59 Å². The Morgan fingerprint density at radius 3 is 2.43 bits per heavy atom. The van der Waals surface area contributed by atoms with E-state index in [4.69, 9.17) is 13.6 Å². The lowest BCUT2D eigenvalue weighted by molar-refractivity contribution is -0.412. The molecule has 1 aliphatic heterocycles. The quantitative estimate of drug-likeness (QED) is 0.274. The lowest BCUT2D eigenvalue weighted by atomic mass is 9.92. The first-order valence-electron chi connectivity index (χ1n) is 14.0. The standard InChI is InChI=1S/C32H33N7O5/c1-31(2,3)44-30(41)35-32(4,18-21-10-8-7-9-11-21)29-37-36-27(43-29)25-17-23(16-24(34-25)26-33-13-15-42-26)28(40)39(6)20-22-12-14-38(5)19-22/h7-13,15-17,19H,18,20H2,1-6H3/p+1. The van der Waals surface area contributed by atoms with E-state index < -0.39 is 17.2 Å². The maximum atomic E-state index is 13.6. The molecule has 0 radical (unpaired) electrons. The van der Waals surface area contributed by atoms with Crippen molar-refractivity contribution < 1.29 is 27.7 Å². The number of carbonyl (C=O) groups is 2. The van der Waals surface area contributed by atoms with Gasteiger partial charge in [0.2, 0.25) is 11.8 Å². The summed E-state index contributed by atoms with van der Waals surface area (Å²) in [5.74, 6) is 3.20. The molecule has 0 fully saturated rings. The van der Waals surface area contributed by atoms with Gasteiger partial charge >= 0.3 is 6.09 Å². The zero-order chi connectivity index (χ0) is 31.5. The summed E-state index contributed by atoms with van der Waals surface area (Å²) in [5.41, 5.74) is 0.894.